The first-order valence-electron chi connectivity index (χ1n) is 4.24. The lowest BCUT2D eigenvalue weighted by atomic mass is 10.2. The molecule has 0 aliphatic rings. The highest BCUT2D eigenvalue weighted by atomic mass is 16.6. The highest BCUT2D eigenvalue weighted by Gasteiger charge is 2.30. The van der Waals surface area contributed by atoms with E-state index in [2.05, 4.69) is 0 Å². The molecule has 1 atom stereocenters. The summed E-state index contributed by atoms with van der Waals surface area (Å²) >= 11 is 0. The average molecular weight is 189 g/mol. The van der Waals surface area contributed by atoms with Crippen LogP contribution in [0.3, 0.4) is 0 Å². The van der Waals surface area contributed by atoms with Crippen LogP contribution < -0.4 is 5.11 Å². The Morgan fingerprint density at radius 1 is 1.31 bits per heavy atom. The Hall–Kier alpha value is -0.610. The summed E-state index contributed by atoms with van der Waals surface area (Å²) in [5.41, 5.74) is -0.476. The Kier molecular flexibility index (Phi) is 3.47. The molecule has 0 N–H and O–H groups in total. The fourth-order valence-corrected chi connectivity index (χ4v) is 0.857. The van der Waals surface area contributed by atoms with Crippen LogP contribution in [0.1, 0.15) is 20.8 Å². The maximum absolute atomic E-state index is 10.8. The Bertz CT molecular complexity index is 188. The quantitative estimate of drug-likeness (QED) is 0.447. The largest absolute Gasteiger partial charge is 0.542 e. The van der Waals surface area contributed by atoms with Gasteiger partial charge in [-0.3, -0.25) is 0 Å². The minimum atomic E-state index is -1.18. The van der Waals surface area contributed by atoms with Gasteiger partial charge < -0.3 is 19.1 Å². The summed E-state index contributed by atoms with van der Waals surface area (Å²) in [6, 6.07) is 0. The maximum atomic E-state index is 10.8. The summed E-state index contributed by atoms with van der Waals surface area (Å²) in [7, 11) is 5.27. The van der Waals surface area contributed by atoms with Gasteiger partial charge in [0.25, 0.3) is 0 Å². The van der Waals surface area contributed by atoms with Crippen LogP contribution in [0, 0.1) is 0 Å². The molecule has 0 radical (unpaired) electrons. The summed E-state index contributed by atoms with van der Waals surface area (Å²) < 4.78 is 5.57. The van der Waals surface area contributed by atoms with Gasteiger partial charge in [0.15, 0.2) is 0 Å². The molecule has 0 fully saturated rings. The van der Waals surface area contributed by atoms with Crippen molar-refractivity contribution in [1.82, 2.24) is 0 Å². The van der Waals surface area contributed by atoms with E-state index in [0.29, 0.717) is 0 Å². The second kappa shape index (κ2) is 3.64. The van der Waals surface area contributed by atoms with E-state index in [1.54, 1.807) is 21.1 Å². The zero-order valence-corrected chi connectivity index (χ0v) is 9.25. The summed E-state index contributed by atoms with van der Waals surface area (Å²) in [5, 5.41) is 10.8. The standard InChI is InChI=1S/C9H19NO3/c1-9(2,3)13-7(8(11)12)10(4,5)6/h7H,1-6H3. The summed E-state index contributed by atoms with van der Waals surface area (Å²) in [6.45, 7) is 5.45. The van der Waals surface area contributed by atoms with Crippen LogP contribution in [0.15, 0.2) is 0 Å². The smallest absolute Gasteiger partial charge is 0.234 e. The topological polar surface area (TPSA) is 49.4 Å². The van der Waals surface area contributed by atoms with Gasteiger partial charge in [0.2, 0.25) is 6.23 Å². The number of rotatable bonds is 3. The molecular weight excluding hydrogens is 170 g/mol. The Balaban J connectivity index is 4.56. The highest BCUT2D eigenvalue weighted by molar-refractivity contribution is 5.68. The molecule has 0 aromatic carbocycles. The molecule has 0 spiro atoms. The van der Waals surface area contributed by atoms with Gasteiger partial charge in [-0.05, 0) is 20.8 Å². The summed E-state index contributed by atoms with van der Waals surface area (Å²) in [5.74, 6) is -1.18. The normalized spacial score (nSPS) is 15.5. The lowest BCUT2D eigenvalue weighted by Gasteiger charge is -2.37. The van der Waals surface area contributed by atoms with Crippen LogP contribution in [0.25, 0.3) is 0 Å². The second-order valence-corrected chi connectivity index (χ2v) is 5.02. The van der Waals surface area contributed by atoms with Crippen molar-refractivity contribution in [2.75, 3.05) is 21.1 Å². The van der Waals surface area contributed by atoms with Gasteiger partial charge >= 0.3 is 0 Å². The molecule has 4 heteroatoms. The second-order valence-electron chi connectivity index (χ2n) is 5.02. The molecule has 1 unspecified atom stereocenters. The molecule has 0 rings (SSSR count). The molecule has 0 heterocycles. The SMILES string of the molecule is CC(C)(C)OC(C(=O)[O-])[N+](C)(C)C. The lowest BCUT2D eigenvalue weighted by Crippen LogP contribution is -2.58. The van der Waals surface area contributed by atoms with Gasteiger partial charge in [0, 0.05) is 0 Å². The molecule has 0 bridgehead atoms. The van der Waals surface area contributed by atoms with Crippen LogP contribution in [0.4, 0.5) is 0 Å². The van der Waals surface area contributed by atoms with Gasteiger partial charge in [-0.15, -0.1) is 0 Å². The number of carboxylic acid groups (broad SMARTS) is 1. The zero-order chi connectivity index (χ0) is 10.9. The third-order valence-electron chi connectivity index (χ3n) is 1.37. The molecule has 0 aliphatic heterocycles. The van der Waals surface area contributed by atoms with Gasteiger partial charge in [-0.1, -0.05) is 0 Å². The van der Waals surface area contributed by atoms with E-state index in [9.17, 15) is 9.90 Å². The number of hydrogen-bond acceptors (Lipinski definition) is 3. The van der Waals surface area contributed by atoms with Crippen molar-refractivity contribution >= 4 is 5.97 Å². The fraction of sp³-hybridized carbons (Fsp3) is 0.889. The maximum Gasteiger partial charge on any atom is 0.234 e. The van der Waals surface area contributed by atoms with E-state index < -0.39 is 17.8 Å². The molecule has 0 amide bonds. The summed E-state index contributed by atoms with van der Waals surface area (Å²) in [6.07, 6.45) is -0.931. The number of quaternary nitrogens is 1. The van der Waals surface area contributed by atoms with Crippen molar-refractivity contribution in [3.63, 3.8) is 0 Å². The number of carbonyl (C=O) groups excluding carboxylic acids is 1. The molecule has 78 valence electrons. The van der Waals surface area contributed by atoms with E-state index in [4.69, 9.17) is 4.74 Å². The minimum absolute atomic E-state index is 0.194. The van der Waals surface area contributed by atoms with Crippen molar-refractivity contribution in [3.8, 4) is 0 Å². The van der Waals surface area contributed by atoms with E-state index >= 15 is 0 Å². The van der Waals surface area contributed by atoms with Crippen molar-refractivity contribution in [2.45, 2.75) is 32.6 Å². The van der Waals surface area contributed by atoms with Crippen LogP contribution in [0.5, 0.6) is 0 Å². The Labute approximate surface area is 79.7 Å². The molecule has 0 aliphatic carbocycles. The van der Waals surface area contributed by atoms with Gasteiger partial charge in [0.1, 0.15) is 5.97 Å². The number of ether oxygens (including phenoxy) is 1. The van der Waals surface area contributed by atoms with E-state index in [1.165, 1.54) is 0 Å². The first-order chi connectivity index (χ1) is 5.54. The number of aliphatic carboxylic acids is 1. The molecule has 13 heavy (non-hydrogen) atoms. The fourth-order valence-electron chi connectivity index (χ4n) is 0.857. The number of nitrogens with zero attached hydrogens (tertiary/aromatic N) is 1. The molecule has 0 aromatic rings. The molecule has 0 saturated heterocycles. The Morgan fingerprint density at radius 3 is 1.77 bits per heavy atom. The van der Waals surface area contributed by atoms with Crippen molar-refractivity contribution < 1.29 is 19.1 Å². The van der Waals surface area contributed by atoms with Crippen LogP contribution >= 0.6 is 0 Å². The summed E-state index contributed by atoms with van der Waals surface area (Å²) in [4.78, 5) is 10.8. The van der Waals surface area contributed by atoms with E-state index in [1.807, 2.05) is 20.8 Å². The van der Waals surface area contributed by atoms with Crippen LogP contribution in [-0.4, -0.2) is 43.4 Å². The van der Waals surface area contributed by atoms with Gasteiger partial charge in [-0.2, -0.15) is 0 Å². The predicted molar refractivity (Wildman–Crippen MR) is 47.7 cm³/mol. The number of carboxylic acids is 1. The van der Waals surface area contributed by atoms with Crippen LogP contribution in [0.2, 0.25) is 0 Å². The third kappa shape index (κ3) is 4.85. The first-order valence-corrected chi connectivity index (χ1v) is 4.24. The van der Waals surface area contributed by atoms with Crippen molar-refractivity contribution in [2.24, 2.45) is 0 Å². The lowest BCUT2D eigenvalue weighted by molar-refractivity contribution is -0.914. The predicted octanol–water partition coefficient (Wildman–Crippen LogP) is -0.416. The zero-order valence-electron chi connectivity index (χ0n) is 9.25. The monoisotopic (exact) mass is 189 g/mol. The Morgan fingerprint density at radius 2 is 1.69 bits per heavy atom. The highest BCUT2D eigenvalue weighted by Crippen LogP contribution is 2.15. The van der Waals surface area contributed by atoms with Crippen molar-refractivity contribution in [3.05, 3.63) is 0 Å². The van der Waals surface area contributed by atoms with Crippen molar-refractivity contribution in [1.29, 1.82) is 0 Å². The third-order valence-corrected chi connectivity index (χ3v) is 1.37. The van der Waals surface area contributed by atoms with E-state index in [-0.39, 0.29) is 4.48 Å². The minimum Gasteiger partial charge on any atom is -0.542 e. The average Bonchev–Trinajstić information content (AvgIpc) is 1.77. The molecule has 0 aromatic heterocycles. The van der Waals surface area contributed by atoms with Crippen LogP contribution in [-0.2, 0) is 9.53 Å². The molecule has 0 saturated carbocycles. The van der Waals surface area contributed by atoms with E-state index in [0.717, 1.165) is 0 Å². The molecular formula is C9H19NO3. The van der Waals surface area contributed by atoms with Gasteiger partial charge in [-0.25, -0.2) is 0 Å². The molecule has 4 nitrogen and oxygen atoms in total. The number of likely N-dealkylation sites (N-methyl/N-ethyl adjacent to an activating group) is 1. The number of carbonyl (C=O) groups is 1. The number of hydrogen-bond donors (Lipinski definition) is 0. The first kappa shape index (κ1) is 12.4. The van der Waals surface area contributed by atoms with Gasteiger partial charge in [0.05, 0.1) is 26.7 Å².